The SMILES string of the molecule is CCOc1ccc(NC(=O)c2ccc[n+](CCc3ccccc3)c2)cc1. The molecule has 0 bridgehead atoms. The molecule has 0 unspecified atom stereocenters. The molecule has 4 nitrogen and oxygen atoms in total. The van der Waals surface area contributed by atoms with Crippen molar-refractivity contribution in [2.24, 2.45) is 0 Å². The van der Waals surface area contributed by atoms with Crippen LogP contribution in [0.2, 0.25) is 0 Å². The van der Waals surface area contributed by atoms with Crippen LogP contribution in [0, 0.1) is 0 Å². The summed E-state index contributed by atoms with van der Waals surface area (Å²) in [6.45, 7) is 3.39. The number of pyridine rings is 1. The molecule has 0 saturated heterocycles. The lowest BCUT2D eigenvalue weighted by molar-refractivity contribution is -0.696. The fourth-order valence-corrected chi connectivity index (χ4v) is 2.70. The van der Waals surface area contributed by atoms with Gasteiger partial charge in [-0.1, -0.05) is 30.3 Å². The highest BCUT2D eigenvalue weighted by Gasteiger charge is 2.11. The maximum absolute atomic E-state index is 12.5. The van der Waals surface area contributed by atoms with Crippen LogP contribution in [-0.4, -0.2) is 12.5 Å². The van der Waals surface area contributed by atoms with Crippen LogP contribution in [0.4, 0.5) is 5.69 Å². The average molecular weight is 347 g/mol. The molecule has 0 aliphatic heterocycles. The highest BCUT2D eigenvalue weighted by Crippen LogP contribution is 2.16. The van der Waals surface area contributed by atoms with Crippen molar-refractivity contribution in [2.45, 2.75) is 19.9 Å². The Kier molecular flexibility index (Phi) is 5.99. The minimum atomic E-state index is -0.122. The lowest BCUT2D eigenvalue weighted by atomic mass is 10.1. The summed E-state index contributed by atoms with van der Waals surface area (Å²) in [5.41, 5.74) is 2.66. The van der Waals surface area contributed by atoms with Crippen LogP contribution in [-0.2, 0) is 13.0 Å². The number of aryl methyl sites for hydroxylation is 2. The first kappa shape index (κ1) is 17.7. The molecule has 3 rings (SSSR count). The van der Waals surface area contributed by atoms with Crippen molar-refractivity contribution < 1.29 is 14.1 Å². The topological polar surface area (TPSA) is 42.2 Å². The molecule has 3 aromatic rings. The molecular weight excluding hydrogens is 324 g/mol. The van der Waals surface area contributed by atoms with Gasteiger partial charge in [0, 0.05) is 18.2 Å². The van der Waals surface area contributed by atoms with Gasteiger partial charge < -0.3 is 10.1 Å². The third-order valence-corrected chi connectivity index (χ3v) is 4.05. The summed E-state index contributed by atoms with van der Waals surface area (Å²) in [5.74, 6) is 0.673. The number of nitrogens with one attached hydrogen (secondary N) is 1. The van der Waals surface area contributed by atoms with Crippen LogP contribution in [0.5, 0.6) is 5.75 Å². The molecule has 0 atom stereocenters. The number of hydrogen-bond donors (Lipinski definition) is 1. The quantitative estimate of drug-likeness (QED) is 0.659. The second kappa shape index (κ2) is 8.81. The molecule has 4 heteroatoms. The van der Waals surface area contributed by atoms with Gasteiger partial charge in [0.05, 0.1) is 6.61 Å². The number of hydrogen-bond acceptors (Lipinski definition) is 2. The average Bonchev–Trinajstić information content (AvgIpc) is 2.69. The number of aromatic nitrogens is 1. The standard InChI is InChI=1S/C22H22N2O2/c1-2-26-21-12-10-20(11-13-21)23-22(25)19-9-6-15-24(17-19)16-14-18-7-4-3-5-8-18/h3-13,15,17H,2,14,16H2,1H3/p+1. The van der Waals surface area contributed by atoms with Crippen LogP contribution in [0.15, 0.2) is 79.1 Å². The van der Waals surface area contributed by atoms with E-state index >= 15 is 0 Å². The summed E-state index contributed by atoms with van der Waals surface area (Å²) in [6, 6.07) is 21.4. The number of ether oxygens (including phenoxy) is 1. The van der Waals surface area contributed by atoms with Crippen molar-refractivity contribution >= 4 is 11.6 Å². The number of carbonyl (C=O) groups excluding carboxylic acids is 1. The van der Waals surface area contributed by atoms with Crippen molar-refractivity contribution in [3.8, 4) is 5.75 Å². The van der Waals surface area contributed by atoms with Crippen LogP contribution < -0.4 is 14.6 Å². The molecule has 0 radical (unpaired) electrons. The molecule has 1 N–H and O–H groups in total. The lowest BCUT2D eigenvalue weighted by Gasteiger charge is -2.07. The summed E-state index contributed by atoms with van der Waals surface area (Å²) in [5, 5.41) is 2.92. The van der Waals surface area contributed by atoms with Crippen molar-refractivity contribution in [2.75, 3.05) is 11.9 Å². The molecule has 0 spiro atoms. The number of anilines is 1. The van der Waals surface area contributed by atoms with Crippen molar-refractivity contribution in [1.29, 1.82) is 0 Å². The van der Waals surface area contributed by atoms with E-state index in [1.165, 1.54) is 5.56 Å². The van der Waals surface area contributed by atoms with Crippen LogP contribution >= 0.6 is 0 Å². The zero-order valence-electron chi connectivity index (χ0n) is 14.9. The first-order chi connectivity index (χ1) is 12.7. The number of rotatable bonds is 7. The number of benzene rings is 2. The normalized spacial score (nSPS) is 10.3. The predicted octanol–water partition coefficient (Wildman–Crippen LogP) is 3.87. The first-order valence-electron chi connectivity index (χ1n) is 8.82. The minimum Gasteiger partial charge on any atom is -0.494 e. The summed E-state index contributed by atoms with van der Waals surface area (Å²) in [4.78, 5) is 12.5. The van der Waals surface area contributed by atoms with E-state index in [1.54, 1.807) is 0 Å². The minimum absolute atomic E-state index is 0.122. The Morgan fingerprint density at radius 1 is 1.00 bits per heavy atom. The number of amides is 1. The fourth-order valence-electron chi connectivity index (χ4n) is 2.70. The Morgan fingerprint density at radius 3 is 2.50 bits per heavy atom. The zero-order valence-corrected chi connectivity index (χ0v) is 14.9. The molecule has 1 aromatic heterocycles. The molecule has 26 heavy (non-hydrogen) atoms. The molecule has 0 fully saturated rings. The predicted molar refractivity (Wildman–Crippen MR) is 102 cm³/mol. The lowest BCUT2D eigenvalue weighted by Crippen LogP contribution is -2.35. The van der Waals surface area contributed by atoms with Gasteiger partial charge in [0.2, 0.25) is 0 Å². The third kappa shape index (κ3) is 4.93. The molecule has 132 valence electrons. The maximum atomic E-state index is 12.5. The van der Waals surface area contributed by atoms with Crippen LogP contribution in [0.3, 0.4) is 0 Å². The van der Waals surface area contributed by atoms with Gasteiger partial charge in [-0.3, -0.25) is 4.79 Å². The summed E-state index contributed by atoms with van der Waals surface area (Å²) in [6.07, 6.45) is 4.79. The highest BCUT2D eigenvalue weighted by molar-refractivity contribution is 6.03. The van der Waals surface area contributed by atoms with Gasteiger partial charge in [-0.05, 0) is 42.8 Å². The Morgan fingerprint density at radius 2 is 1.77 bits per heavy atom. The number of nitrogens with zero attached hydrogens (tertiary/aromatic N) is 1. The molecule has 2 aromatic carbocycles. The van der Waals surface area contributed by atoms with E-state index in [9.17, 15) is 4.79 Å². The van der Waals surface area contributed by atoms with E-state index in [0.717, 1.165) is 24.4 Å². The molecule has 0 saturated carbocycles. The first-order valence-corrected chi connectivity index (χ1v) is 8.82. The zero-order chi connectivity index (χ0) is 18.2. The summed E-state index contributed by atoms with van der Waals surface area (Å²) < 4.78 is 7.46. The van der Waals surface area contributed by atoms with Crippen molar-refractivity contribution in [3.63, 3.8) is 0 Å². The van der Waals surface area contributed by atoms with Gasteiger partial charge in [-0.15, -0.1) is 0 Å². The van der Waals surface area contributed by atoms with Crippen LogP contribution in [0.25, 0.3) is 0 Å². The molecule has 0 aliphatic carbocycles. The maximum Gasteiger partial charge on any atom is 0.261 e. The molecular formula is C22H23N2O2+. The number of carbonyl (C=O) groups is 1. The molecule has 1 amide bonds. The monoisotopic (exact) mass is 347 g/mol. The smallest absolute Gasteiger partial charge is 0.261 e. The van der Waals surface area contributed by atoms with E-state index in [0.29, 0.717) is 12.2 Å². The van der Waals surface area contributed by atoms with E-state index in [-0.39, 0.29) is 5.91 Å². The van der Waals surface area contributed by atoms with E-state index in [2.05, 4.69) is 17.4 Å². The molecule has 1 heterocycles. The van der Waals surface area contributed by atoms with Crippen LogP contribution in [0.1, 0.15) is 22.8 Å². The Balaban J connectivity index is 1.62. The van der Waals surface area contributed by atoms with E-state index in [4.69, 9.17) is 4.74 Å². The summed E-state index contributed by atoms with van der Waals surface area (Å²) in [7, 11) is 0. The molecule has 0 aliphatic rings. The summed E-state index contributed by atoms with van der Waals surface area (Å²) >= 11 is 0. The van der Waals surface area contributed by atoms with Gasteiger partial charge >= 0.3 is 0 Å². The van der Waals surface area contributed by atoms with Gasteiger partial charge in [-0.2, -0.15) is 0 Å². The highest BCUT2D eigenvalue weighted by atomic mass is 16.5. The fraction of sp³-hybridized carbons (Fsp3) is 0.182. The van der Waals surface area contributed by atoms with Crippen molar-refractivity contribution in [1.82, 2.24) is 0 Å². The second-order valence-electron chi connectivity index (χ2n) is 5.98. The Hall–Kier alpha value is -3.14. The van der Waals surface area contributed by atoms with Crippen molar-refractivity contribution in [3.05, 3.63) is 90.3 Å². The largest absolute Gasteiger partial charge is 0.494 e. The van der Waals surface area contributed by atoms with Gasteiger partial charge in [0.1, 0.15) is 11.3 Å². The van der Waals surface area contributed by atoms with Gasteiger partial charge in [-0.25, -0.2) is 4.57 Å². The third-order valence-electron chi connectivity index (χ3n) is 4.05. The Labute approximate surface area is 154 Å². The van der Waals surface area contributed by atoms with E-state index < -0.39 is 0 Å². The van der Waals surface area contributed by atoms with E-state index in [1.807, 2.05) is 78.5 Å². The van der Waals surface area contributed by atoms with Gasteiger partial charge in [0.15, 0.2) is 18.9 Å². The Bertz CT molecular complexity index is 846. The second-order valence-corrected chi connectivity index (χ2v) is 5.98. The van der Waals surface area contributed by atoms with Gasteiger partial charge in [0.25, 0.3) is 5.91 Å².